The third kappa shape index (κ3) is 4.22. The van der Waals surface area contributed by atoms with E-state index in [1.54, 1.807) is 25.3 Å². The summed E-state index contributed by atoms with van der Waals surface area (Å²) in [4.78, 5) is 17.8. The van der Waals surface area contributed by atoms with Crippen molar-refractivity contribution in [3.63, 3.8) is 0 Å². The fourth-order valence-corrected chi connectivity index (χ4v) is 5.12. The molecule has 2 heterocycles. The van der Waals surface area contributed by atoms with Gasteiger partial charge in [-0.2, -0.15) is 0 Å². The second-order valence-corrected chi connectivity index (χ2v) is 9.46. The van der Waals surface area contributed by atoms with E-state index in [0.717, 1.165) is 22.6 Å². The first-order chi connectivity index (χ1) is 16.4. The zero-order valence-corrected chi connectivity index (χ0v) is 20.5. The Labute approximate surface area is 207 Å². The molecular weight excluding hydrogens is 466 g/mol. The second kappa shape index (κ2) is 9.05. The van der Waals surface area contributed by atoms with Gasteiger partial charge in [-0.05, 0) is 84.4 Å². The van der Waals surface area contributed by atoms with Gasteiger partial charge in [-0.1, -0.05) is 41.9 Å². The number of amides is 1. The molecule has 170 valence electrons. The monoisotopic (exact) mass is 487 g/mol. The normalized spacial score (nSPS) is 15.9. The number of carbonyl (C=O) groups is 1. The minimum atomic E-state index is -0.180. The number of fused-ring (bicyclic) bond motifs is 1. The number of nitrogens with zero attached hydrogens (tertiary/aromatic N) is 2. The van der Waals surface area contributed by atoms with Crippen LogP contribution in [0, 0.1) is 13.8 Å². The number of amidine groups is 1. The molecule has 0 atom stereocenters. The summed E-state index contributed by atoms with van der Waals surface area (Å²) < 4.78 is 7.57. The zero-order chi connectivity index (χ0) is 23.8. The van der Waals surface area contributed by atoms with Gasteiger partial charge in [0, 0.05) is 22.1 Å². The summed E-state index contributed by atoms with van der Waals surface area (Å²) in [5, 5.41) is 6.27. The fraction of sp³-hybridized carbons (Fsp3) is 0.111. The Bertz CT molecular complexity index is 1500. The number of hydrogen-bond donors (Lipinski definition) is 1. The highest BCUT2D eigenvalue weighted by atomic mass is 35.5. The molecule has 0 unspecified atom stereocenters. The highest BCUT2D eigenvalue weighted by Gasteiger charge is 2.25. The van der Waals surface area contributed by atoms with E-state index in [2.05, 4.69) is 65.1 Å². The van der Waals surface area contributed by atoms with E-state index in [-0.39, 0.29) is 5.91 Å². The first kappa shape index (κ1) is 22.3. The Morgan fingerprint density at radius 1 is 1.03 bits per heavy atom. The summed E-state index contributed by atoms with van der Waals surface area (Å²) in [7, 11) is 1.57. The molecule has 1 aliphatic heterocycles. The van der Waals surface area contributed by atoms with Gasteiger partial charge in [-0.25, -0.2) is 4.99 Å². The lowest BCUT2D eigenvalue weighted by Gasteiger charge is -2.11. The molecule has 1 saturated heterocycles. The minimum Gasteiger partial charge on any atom is -0.494 e. The lowest BCUT2D eigenvalue weighted by atomic mass is 10.1. The van der Waals surface area contributed by atoms with E-state index in [1.807, 2.05) is 18.2 Å². The molecule has 0 spiro atoms. The van der Waals surface area contributed by atoms with Gasteiger partial charge in [0.15, 0.2) is 5.17 Å². The highest BCUT2D eigenvalue weighted by molar-refractivity contribution is 8.18. The highest BCUT2D eigenvalue weighted by Crippen LogP contribution is 2.35. The molecule has 0 saturated carbocycles. The zero-order valence-electron chi connectivity index (χ0n) is 18.9. The molecule has 1 fully saturated rings. The molecule has 0 radical (unpaired) electrons. The minimum absolute atomic E-state index is 0.180. The van der Waals surface area contributed by atoms with E-state index in [4.69, 9.17) is 16.3 Å². The third-order valence-electron chi connectivity index (χ3n) is 5.76. The van der Waals surface area contributed by atoms with Crippen LogP contribution in [0.2, 0.25) is 5.02 Å². The topological polar surface area (TPSA) is 55.6 Å². The van der Waals surface area contributed by atoms with Crippen LogP contribution in [0.3, 0.4) is 0 Å². The Balaban J connectivity index is 1.47. The molecule has 7 heteroatoms. The number of methoxy groups -OCH3 is 1. The van der Waals surface area contributed by atoms with E-state index in [9.17, 15) is 4.79 Å². The van der Waals surface area contributed by atoms with Crippen molar-refractivity contribution in [2.75, 3.05) is 7.11 Å². The van der Waals surface area contributed by atoms with Crippen LogP contribution in [0.5, 0.6) is 5.75 Å². The Kier molecular flexibility index (Phi) is 5.94. The molecule has 4 aromatic rings. The van der Waals surface area contributed by atoms with Gasteiger partial charge in [0.1, 0.15) is 11.4 Å². The van der Waals surface area contributed by atoms with Crippen molar-refractivity contribution in [1.82, 2.24) is 9.88 Å². The number of ether oxygens (including phenoxy) is 1. The number of nitrogens with one attached hydrogen (secondary N) is 1. The first-order valence-corrected chi connectivity index (χ1v) is 11.9. The van der Waals surface area contributed by atoms with Crippen molar-refractivity contribution >= 4 is 57.0 Å². The molecule has 5 rings (SSSR count). The lowest BCUT2D eigenvalue weighted by molar-refractivity contribution is -0.115. The lowest BCUT2D eigenvalue weighted by Crippen LogP contribution is -2.19. The smallest absolute Gasteiger partial charge is 0.264 e. The summed E-state index contributed by atoms with van der Waals surface area (Å²) in [6, 6.07) is 22.1. The SMILES string of the molecule is COc1ccc(Cl)cc1N=C1NC(=O)/C(=C/c2cc(C)n(-c3ccc4ccccc4c3)c2C)S1. The Morgan fingerprint density at radius 2 is 1.82 bits per heavy atom. The van der Waals surface area contributed by atoms with Crippen molar-refractivity contribution in [3.05, 3.63) is 93.6 Å². The van der Waals surface area contributed by atoms with Crippen LogP contribution in [0.4, 0.5) is 5.69 Å². The summed E-state index contributed by atoms with van der Waals surface area (Å²) in [5.41, 5.74) is 4.81. The fourth-order valence-electron chi connectivity index (χ4n) is 4.13. The summed E-state index contributed by atoms with van der Waals surface area (Å²) in [6.07, 6.45) is 1.91. The molecule has 1 aliphatic rings. The van der Waals surface area contributed by atoms with E-state index in [1.165, 1.54) is 22.5 Å². The molecule has 1 aromatic heterocycles. The van der Waals surface area contributed by atoms with Crippen LogP contribution in [-0.4, -0.2) is 22.8 Å². The molecule has 0 bridgehead atoms. The van der Waals surface area contributed by atoms with Crippen LogP contribution < -0.4 is 10.1 Å². The molecule has 0 aliphatic carbocycles. The van der Waals surface area contributed by atoms with Gasteiger partial charge < -0.3 is 14.6 Å². The van der Waals surface area contributed by atoms with E-state index < -0.39 is 0 Å². The second-order valence-electron chi connectivity index (χ2n) is 7.99. The number of halogens is 1. The van der Waals surface area contributed by atoms with E-state index >= 15 is 0 Å². The van der Waals surface area contributed by atoms with Gasteiger partial charge in [0.2, 0.25) is 0 Å². The van der Waals surface area contributed by atoms with Crippen LogP contribution >= 0.6 is 23.4 Å². The van der Waals surface area contributed by atoms with E-state index in [0.29, 0.717) is 26.5 Å². The molecule has 5 nitrogen and oxygen atoms in total. The summed E-state index contributed by atoms with van der Waals surface area (Å²) in [6.45, 7) is 4.14. The van der Waals surface area contributed by atoms with Crippen molar-refractivity contribution in [3.8, 4) is 11.4 Å². The molecule has 34 heavy (non-hydrogen) atoms. The predicted octanol–water partition coefficient (Wildman–Crippen LogP) is 6.80. The van der Waals surface area contributed by atoms with Crippen molar-refractivity contribution < 1.29 is 9.53 Å². The van der Waals surface area contributed by atoms with Crippen molar-refractivity contribution in [2.24, 2.45) is 4.99 Å². The van der Waals surface area contributed by atoms with Gasteiger partial charge in [-0.15, -0.1) is 0 Å². The summed E-state index contributed by atoms with van der Waals surface area (Å²) in [5.74, 6) is 0.406. The van der Waals surface area contributed by atoms with Crippen LogP contribution in [-0.2, 0) is 4.79 Å². The Morgan fingerprint density at radius 3 is 2.62 bits per heavy atom. The van der Waals surface area contributed by atoms with Crippen LogP contribution in [0.25, 0.3) is 22.5 Å². The number of aryl methyl sites for hydroxylation is 1. The standard InChI is InChI=1S/C27H22ClN3O2S/c1-16-12-20(17(2)31(16)22-10-8-18-6-4-5-7-19(18)13-22)14-25-26(32)30-27(34-25)29-23-15-21(28)9-11-24(23)33-3/h4-15H,1-3H3,(H,29,30,32)/b25-14-. The number of benzene rings is 3. The van der Waals surface area contributed by atoms with Crippen LogP contribution in [0.1, 0.15) is 17.0 Å². The largest absolute Gasteiger partial charge is 0.494 e. The van der Waals surface area contributed by atoms with Crippen molar-refractivity contribution in [2.45, 2.75) is 13.8 Å². The average Bonchev–Trinajstić information content (AvgIpc) is 3.31. The molecule has 1 N–H and O–H groups in total. The maximum Gasteiger partial charge on any atom is 0.264 e. The van der Waals surface area contributed by atoms with Gasteiger partial charge in [-0.3, -0.25) is 4.79 Å². The maximum atomic E-state index is 12.7. The van der Waals surface area contributed by atoms with Crippen LogP contribution in [0.15, 0.2) is 76.6 Å². The third-order valence-corrected chi connectivity index (χ3v) is 6.91. The Hall–Kier alpha value is -3.48. The van der Waals surface area contributed by atoms with Gasteiger partial charge in [0.25, 0.3) is 5.91 Å². The number of carbonyl (C=O) groups excluding carboxylic acids is 1. The molecule has 1 amide bonds. The predicted molar refractivity (Wildman–Crippen MR) is 142 cm³/mol. The van der Waals surface area contributed by atoms with Gasteiger partial charge >= 0.3 is 0 Å². The number of hydrogen-bond acceptors (Lipinski definition) is 4. The first-order valence-electron chi connectivity index (χ1n) is 10.7. The van der Waals surface area contributed by atoms with Crippen molar-refractivity contribution in [1.29, 1.82) is 0 Å². The number of aromatic nitrogens is 1. The number of rotatable bonds is 4. The maximum absolute atomic E-state index is 12.7. The van der Waals surface area contributed by atoms with Gasteiger partial charge in [0.05, 0.1) is 12.0 Å². The number of thioether (sulfide) groups is 1. The average molecular weight is 488 g/mol. The number of aliphatic imine (C=N–C) groups is 1. The molecular formula is C27H22ClN3O2S. The quantitative estimate of drug-likeness (QED) is 0.322. The molecule has 3 aromatic carbocycles. The summed E-state index contributed by atoms with van der Waals surface area (Å²) >= 11 is 7.41.